The first-order valence-corrected chi connectivity index (χ1v) is 11.5. The molecule has 0 unspecified atom stereocenters. The number of carbonyl (C=O) groups is 2. The van der Waals surface area contributed by atoms with Crippen LogP contribution in [0.4, 0.5) is 5.82 Å². The number of nitrogens with one attached hydrogen (secondary N) is 1. The van der Waals surface area contributed by atoms with Gasteiger partial charge < -0.3 is 15.5 Å². The zero-order chi connectivity index (χ0) is 24.2. The summed E-state index contributed by atoms with van der Waals surface area (Å²) in [5.41, 5.74) is 0.824. The van der Waals surface area contributed by atoms with E-state index >= 15 is 0 Å². The second-order valence-corrected chi connectivity index (χ2v) is 9.07. The van der Waals surface area contributed by atoms with Crippen molar-refractivity contribution in [3.63, 3.8) is 0 Å². The first-order chi connectivity index (χ1) is 16.3. The number of thiocarbonyl (C=S) groups is 1. The van der Waals surface area contributed by atoms with E-state index in [-0.39, 0.29) is 40.1 Å². The minimum Gasteiger partial charge on any atom is -0.481 e. The zero-order valence-corrected chi connectivity index (χ0v) is 19.4. The van der Waals surface area contributed by atoms with Gasteiger partial charge in [-0.05, 0) is 23.8 Å². The van der Waals surface area contributed by atoms with E-state index in [9.17, 15) is 19.5 Å². The molecule has 2 aromatic heterocycles. The quantitative estimate of drug-likeness (QED) is 0.319. The molecule has 174 valence electrons. The number of rotatable bonds is 8. The van der Waals surface area contributed by atoms with Crippen LogP contribution in [0.3, 0.4) is 0 Å². The number of aromatic nitrogens is 2. The first-order valence-electron chi connectivity index (χ1n) is 10.3. The fourth-order valence-electron chi connectivity index (χ4n) is 3.39. The highest BCUT2D eigenvalue weighted by molar-refractivity contribution is 8.26. The number of aliphatic carboxylic acids is 1. The molecule has 1 atom stereocenters. The molecule has 1 aromatic carbocycles. The molecular weight excluding hydrogens is 476 g/mol. The van der Waals surface area contributed by atoms with Gasteiger partial charge in [0, 0.05) is 19.3 Å². The number of carboxylic acid groups (broad SMARTS) is 1. The molecule has 1 aliphatic heterocycles. The number of benzene rings is 1. The summed E-state index contributed by atoms with van der Waals surface area (Å²) in [6, 6.07) is 14.2. The lowest BCUT2D eigenvalue weighted by atomic mass is 10.1. The van der Waals surface area contributed by atoms with E-state index in [2.05, 4.69) is 10.3 Å². The Bertz CT molecular complexity index is 1360. The van der Waals surface area contributed by atoms with Gasteiger partial charge in [0.25, 0.3) is 11.5 Å². The normalized spacial score (nSPS) is 15.8. The second-order valence-electron chi connectivity index (χ2n) is 7.39. The molecule has 11 heteroatoms. The van der Waals surface area contributed by atoms with Crippen LogP contribution < -0.4 is 10.9 Å². The van der Waals surface area contributed by atoms with Crippen molar-refractivity contribution in [1.82, 2.24) is 14.3 Å². The van der Waals surface area contributed by atoms with Gasteiger partial charge in [0.1, 0.15) is 15.8 Å². The van der Waals surface area contributed by atoms with Gasteiger partial charge in [-0.2, -0.15) is 0 Å². The maximum Gasteiger partial charge on any atom is 0.305 e. The largest absolute Gasteiger partial charge is 0.481 e. The molecule has 1 aliphatic rings. The van der Waals surface area contributed by atoms with E-state index < -0.39 is 23.5 Å². The average Bonchev–Trinajstić information content (AvgIpc) is 3.10. The van der Waals surface area contributed by atoms with Crippen molar-refractivity contribution < 1.29 is 19.8 Å². The predicted molar refractivity (Wildman–Crippen MR) is 133 cm³/mol. The highest BCUT2D eigenvalue weighted by atomic mass is 32.2. The number of carbonyl (C=O) groups excluding carboxylic acids is 1. The molecule has 3 aromatic rings. The van der Waals surface area contributed by atoms with E-state index in [4.69, 9.17) is 17.3 Å². The third kappa shape index (κ3) is 5.01. The third-order valence-corrected chi connectivity index (χ3v) is 6.49. The Kier molecular flexibility index (Phi) is 7.06. The van der Waals surface area contributed by atoms with E-state index in [1.54, 1.807) is 36.5 Å². The Labute approximate surface area is 203 Å². The van der Waals surface area contributed by atoms with Crippen LogP contribution in [0.15, 0.2) is 64.4 Å². The fourth-order valence-corrected chi connectivity index (χ4v) is 4.68. The number of aliphatic hydroxyl groups excluding tert-OH is 1. The van der Waals surface area contributed by atoms with Crippen molar-refractivity contribution >= 4 is 57.7 Å². The molecule has 34 heavy (non-hydrogen) atoms. The Morgan fingerprint density at radius 2 is 1.91 bits per heavy atom. The summed E-state index contributed by atoms with van der Waals surface area (Å²) in [6.07, 6.45) is 1.89. The van der Waals surface area contributed by atoms with Gasteiger partial charge in [0.05, 0.1) is 23.0 Å². The Hall–Kier alpha value is -3.54. The van der Waals surface area contributed by atoms with Gasteiger partial charge in [0.2, 0.25) is 0 Å². The lowest BCUT2D eigenvalue weighted by Crippen LogP contribution is -2.30. The lowest BCUT2D eigenvalue weighted by Gasteiger charge is -2.15. The van der Waals surface area contributed by atoms with Crippen molar-refractivity contribution in [3.05, 3.63) is 81.1 Å². The van der Waals surface area contributed by atoms with Crippen LogP contribution in [0, 0.1) is 0 Å². The summed E-state index contributed by atoms with van der Waals surface area (Å²) in [5, 5.41) is 22.5. The number of hydrogen-bond donors (Lipinski definition) is 3. The Balaban J connectivity index is 1.69. The molecular formula is C23H20N4O5S2. The average molecular weight is 497 g/mol. The van der Waals surface area contributed by atoms with Crippen molar-refractivity contribution in [1.29, 1.82) is 0 Å². The number of hydrogen-bond acceptors (Lipinski definition) is 8. The van der Waals surface area contributed by atoms with Gasteiger partial charge in [-0.1, -0.05) is 60.4 Å². The number of aliphatic hydroxyl groups is 1. The van der Waals surface area contributed by atoms with E-state index in [1.165, 1.54) is 15.4 Å². The predicted octanol–water partition coefficient (Wildman–Crippen LogP) is 2.52. The third-order valence-electron chi connectivity index (χ3n) is 5.11. The lowest BCUT2D eigenvalue weighted by molar-refractivity contribution is -0.137. The monoisotopic (exact) mass is 496 g/mol. The highest BCUT2D eigenvalue weighted by Crippen LogP contribution is 2.33. The number of carboxylic acids is 1. The van der Waals surface area contributed by atoms with Gasteiger partial charge in [-0.3, -0.25) is 23.7 Å². The molecule has 0 saturated carbocycles. The summed E-state index contributed by atoms with van der Waals surface area (Å²) in [4.78, 5) is 42.9. The van der Waals surface area contributed by atoms with Gasteiger partial charge in [-0.25, -0.2) is 4.98 Å². The van der Waals surface area contributed by atoms with E-state index in [0.717, 1.165) is 11.8 Å². The van der Waals surface area contributed by atoms with Crippen LogP contribution in [0.1, 0.15) is 23.7 Å². The smallest absolute Gasteiger partial charge is 0.305 e. The minimum absolute atomic E-state index is 0.0549. The Morgan fingerprint density at radius 1 is 1.18 bits per heavy atom. The number of amides is 1. The number of fused-ring (bicyclic) bond motifs is 1. The highest BCUT2D eigenvalue weighted by Gasteiger charge is 2.32. The molecule has 1 saturated heterocycles. The van der Waals surface area contributed by atoms with Crippen molar-refractivity contribution in [2.75, 3.05) is 18.4 Å². The molecule has 4 rings (SSSR count). The molecule has 1 fully saturated rings. The second kappa shape index (κ2) is 10.2. The molecule has 3 heterocycles. The summed E-state index contributed by atoms with van der Waals surface area (Å²) < 4.78 is 1.58. The number of pyridine rings is 1. The van der Waals surface area contributed by atoms with Crippen molar-refractivity contribution in [2.24, 2.45) is 0 Å². The summed E-state index contributed by atoms with van der Waals surface area (Å²) in [5.74, 6) is -1.30. The summed E-state index contributed by atoms with van der Waals surface area (Å²) in [7, 11) is 0. The topological polar surface area (TPSA) is 124 Å². The number of nitrogens with zero attached hydrogens (tertiary/aromatic N) is 3. The Morgan fingerprint density at radius 3 is 2.65 bits per heavy atom. The fraction of sp³-hybridized carbons (Fsp3) is 0.174. The van der Waals surface area contributed by atoms with Crippen LogP contribution in [-0.2, 0) is 9.59 Å². The molecule has 0 radical (unpaired) electrons. The van der Waals surface area contributed by atoms with Crippen molar-refractivity contribution in [3.8, 4) is 0 Å². The van der Waals surface area contributed by atoms with Gasteiger partial charge in [0.15, 0.2) is 0 Å². The van der Waals surface area contributed by atoms with E-state index in [1.807, 2.05) is 18.2 Å². The molecule has 9 nitrogen and oxygen atoms in total. The zero-order valence-electron chi connectivity index (χ0n) is 17.7. The molecule has 0 spiro atoms. The molecule has 0 aliphatic carbocycles. The number of thioether (sulfide) groups is 1. The maximum absolute atomic E-state index is 13.3. The van der Waals surface area contributed by atoms with Gasteiger partial charge >= 0.3 is 5.97 Å². The van der Waals surface area contributed by atoms with Crippen molar-refractivity contribution in [2.45, 2.75) is 12.5 Å². The first kappa shape index (κ1) is 23.6. The minimum atomic E-state index is -1.04. The molecule has 0 bridgehead atoms. The maximum atomic E-state index is 13.3. The summed E-state index contributed by atoms with van der Waals surface area (Å²) in [6.45, 7) is 0.0283. The van der Waals surface area contributed by atoms with E-state index in [0.29, 0.717) is 11.2 Å². The summed E-state index contributed by atoms with van der Waals surface area (Å²) >= 11 is 6.23. The van der Waals surface area contributed by atoms with Crippen LogP contribution >= 0.6 is 24.0 Å². The van der Waals surface area contributed by atoms with Crippen LogP contribution in [0.2, 0.25) is 0 Å². The SMILES string of the molecule is O=C(O)CCN1C(=O)/C(=C/c2c(NC[C@H](O)c3ccccc3)nc3ccccn3c2=O)SC1=S. The number of anilines is 1. The standard InChI is InChI=1S/C23H20N4O5S2/c28-16(14-6-2-1-3-7-14)13-24-20-15(21(31)26-10-5-4-8-18(26)25-20)12-17-22(32)27(23(33)34-17)11-9-19(29)30/h1-8,10,12,16,24,28H,9,11,13H2,(H,29,30)/b17-12-/t16-/m0/s1. The van der Waals surface area contributed by atoms with Crippen LogP contribution in [0.25, 0.3) is 11.7 Å². The molecule has 1 amide bonds. The molecule has 3 N–H and O–H groups in total. The van der Waals surface area contributed by atoms with Crippen LogP contribution in [-0.4, -0.2) is 53.8 Å². The van der Waals surface area contributed by atoms with Gasteiger partial charge in [-0.15, -0.1) is 0 Å². The van der Waals surface area contributed by atoms with Crippen LogP contribution in [0.5, 0.6) is 0 Å².